The summed E-state index contributed by atoms with van der Waals surface area (Å²) in [5, 5.41) is 0. The van der Waals surface area contributed by atoms with Gasteiger partial charge in [-0.15, -0.1) is 11.3 Å². The fourth-order valence-electron chi connectivity index (χ4n) is 1.22. The Hall–Kier alpha value is -1.41. The molecule has 0 atom stereocenters. The predicted molar refractivity (Wildman–Crippen MR) is 57.8 cm³/mol. The van der Waals surface area contributed by atoms with Crippen molar-refractivity contribution in [2.45, 2.75) is 0 Å². The molecule has 0 N–H and O–H groups in total. The number of hydrogen-bond acceptors (Lipinski definition) is 2. The zero-order chi connectivity index (χ0) is 9.26. The van der Waals surface area contributed by atoms with Crippen LogP contribution in [0.2, 0.25) is 0 Å². The summed E-state index contributed by atoms with van der Waals surface area (Å²) in [6.45, 7) is 7.73. The van der Waals surface area contributed by atoms with E-state index >= 15 is 0 Å². The van der Waals surface area contributed by atoms with E-state index in [2.05, 4.69) is 18.1 Å². The summed E-state index contributed by atoms with van der Waals surface area (Å²) >= 11 is 1.53. The van der Waals surface area contributed by atoms with Crippen LogP contribution >= 0.6 is 11.3 Å². The van der Waals surface area contributed by atoms with Gasteiger partial charge in [0.2, 0.25) is 0 Å². The lowest BCUT2D eigenvalue weighted by Crippen LogP contribution is -1.94. The number of nitrogens with zero attached hydrogens (tertiary/aromatic N) is 1. The second-order valence-electron chi connectivity index (χ2n) is 2.75. The van der Waals surface area contributed by atoms with Crippen molar-refractivity contribution in [1.29, 1.82) is 0 Å². The van der Waals surface area contributed by atoms with Gasteiger partial charge in [-0.05, 0) is 0 Å². The van der Waals surface area contributed by atoms with E-state index in [4.69, 9.17) is 0 Å². The summed E-state index contributed by atoms with van der Waals surface area (Å²) in [7, 11) is 0. The van der Waals surface area contributed by atoms with Crippen molar-refractivity contribution in [1.82, 2.24) is 4.98 Å². The molecule has 0 bridgehead atoms. The van der Waals surface area contributed by atoms with E-state index in [9.17, 15) is 0 Å². The summed E-state index contributed by atoms with van der Waals surface area (Å²) < 4.78 is 1.81. The zero-order valence-corrected chi connectivity index (χ0v) is 7.97. The minimum atomic E-state index is 0.823. The van der Waals surface area contributed by atoms with E-state index in [-0.39, 0.29) is 0 Å². The summed E-state index contributed by atoms with van der Waals surface area (Å²) in [6, 6.07) is 10.0. The number of aromatic nitrogens is 1. The first-order valence-corrected chi connectivity index (χ1v) is 4.79. The van der Waals surface area contributed by atoms with Crippen molar-refractivity contribution in [3.05, 3.63) is 39.5 Å². The molecule has 2 aromatic rings. The number of rotatable bonds is 1. The van der Waals surface area contributed by atoms with E-state index < -0.39 is 0 Å². The largest absolute Gasteiger partial charge is 0.237 e. The van der Waals surface area contributed by atoms with Crippen molar-refractivity contribution in [3.63, 3.8) is 0 Å². The molecule has 0 aliphatic carbocycles. The Kier molecular flexibility index (Phi) is 1.99. The van der Waals surface area contributed by atoms with Crippen molar-refractivity contribution in [2.75, 3.05) is 0 Å². The fraction of sp³-hybridized carbons (Fsp3) is 0. The van der Waals surface area contributed by atoms with E-state index in [0.717, 1.165) is 20.5 Å². The molecule has 1 aromatic heterocycles. The third-order valence-electron chi connectivity index (χ3n) is 1.79. The van der Waals surface area contributed by atoms with Crippen LogP contribution < -0.4 is 9.20 Å². The first-order chi connectivity index (χ1) is 6.27. The molecule has 0 unspecified atom stereocenters. The Morgan fingerprint density at radius 3 is 2.31 bits per heavy atom. The smallest absolute Gasteiger partial charge is 0.110 e. The van der Waals surface area contributed by atoms with Gasteiger partial charge in [0.25, 0.3) is 0 Å². The second kappa shape index (κ2) is 3.15. The molecule has 13 heavy (non-hydrogen) atoms. The maximum absolute atomic E-state index is 4.33. The topological polar surface area (TPSA) is 12.9 Å². The number of thiazole rings is 1. The molecular weight excluding hydrogens is 178 g/mol. The lowest BCUT2D eigenvalue weighted by Gasteiger charge is -1.93. The average molecular weight is 187 g/mol. The second-order valence-corrected chi connectivity index (χ2v) is 3.91. The Morgan fingerprint density at radius 2 is 1.77 bits per heavy atom. The third-order valence-corrected chi connectivity index (χ3v) is 2.56. The highest BCUT2D eigenvalue weighted by molar-refractivity contribution is 7.07. The minimum absolute atomic E-state index is 0.823. The first-order valence-electron chi connectivity index (χ1n) is 3.97. The van der Waals surface area contributed by atoms with Crippen molar-refractivity contribution >= 4 is 24.5 Å². The molecule has 0 aliphatic rings. The van der Waals surface area contributed by atoms with Crippen molar-refractivity contribution in [2.24, 2.45) is 0 Å². The van der Waals surface area contributed by atoms with Crippen LogP contribution in [0, 0.1) is 0 Å². The number of benzene rings is 1. The van der Waals surface area contributed by atoms with Gasteiger partial charge < -0.3 is 0 Å². The quantitative estimate of drug-likeness (QED) is 0.661. The molecular formula is C11H9NS. The van der Waals surface area contributed by atoms with Gasteiger partial charge in [0.15, 0.2) is 0 Å². The first kappa shape index (κ1) is 8.20. The highest BCUT2D eigenvalue weighted by Gasteiger charge is 2.00. The molecule has 1 heterocycles. The predicted octanol–water partition coefficient (Wildman–Crippen LogP) is 1.63. The molecule has 0 radical (unpaired) electrons. The monoisotopic (exact) mass is 187 g/mol. The zero-order valence-electron chi connectivity index (χ0n) is 7.16. The molecule has 64 valence electrons. The van der Waals surface area contributed by atoms with E-state index in [1.807, 2.05) is 30.3 Å². The summed E-state index contributed by atoms with van der Waals surface area (Å²) in [4.78, 5) is 4.33. The normalized spacial score (nSPS) is 10.2. The number of hydrogen-bond donors (Lipinski definition) is 0. The lowest BCUT2D eigenvalue weighted by atomic mass is 10.2. The molecule has 0 amide bonds. The molecule has 0 saturated carbocycles. The van der Waals surface area contributed by atoms with Gasteiger partial charge in [0.1, 0.15) is 4.66 Å². The molecule has 0 aliphatic heterocycles. The maximum atomic E-state index is 4.33. The summed E-state index contributed by atoms with van der Waals surface area (Å²) in [5.74, 6) is 0. The molecule has 1 aromatic carbocycles. The van der Waals surface area contributed by atoms with Crippen molar-refractivity contribution in [3.8, 4) is 11.3 Å². The molecule has 2 rings (SSSR count). The van der Waals surface area contributed by atoms with E-state index in [0.29, 0.717) is 0 Å². The van der Waals surface area contributed by atoms with Crippen LogP contribution in [-0.2, 0) is 0 Å². The van der Waals surface area contributed by atoms with Crippen LogP contribution in [0.3, 0.4) is 0 Å². The molecule has 1 nitrogen and oxygen atoms in total. The van der Waals surface area contributed by atoms with Gasteiger partial charge in [0, 0.05) is 10.1 Å². The highest BCUT2D eigenvalue weighted by atomic mass is 32.1. The van der Waals surface area contributed by atoms with Crippen molar-refractivity contribution < 1.29 is 0 Å². The van der Waals surface area contributed by atoms with Gasteiger partial charge in [-0.2, -0.15) is 0 Å². The van der Waals surface area contributed by atoms with Gasteiger partial charge in [-0.3, -0.25) is 0 Å². The van der Waals surface area contributed by atoms with Crippen LogP contribution in [0.4, 0.5) is 0 Å². The average Bonchev–Trinajstić information content (AvgIpc) is 2.47. The molecule has 0 saturated heterocycles. The Bertz CT molecular complexity index is 499. The summed E-state index contributed by atoms with van der Waals surface area (Å²) in [6.07, 6.45) is 0. The third kappa shape index (κ3) is 1.53. The standard InChI is InChI=1S/C11H9NS/c1-8-11(12-9(2)13-8)10-6-4-3-5-7-10/h3-7H,1-2H2. The van der Waals surface area contributed by atoms with E-state index in [1.165, 1.54) is 11.3 Å². The Morgan fingerprint density at radius 1 is 1.08 bits per heavy atom. The molecule has 0 spiro atoms. The van der Waals surface area contributed by atoms with Gasteiger partial charge in [-0.25, -0.2) is 4.98 Å². The lowest BCUT2D eigenvalue weighted by molar-refractivity contribution is 1.35. The minimum Gasteiger partial charge on any atom is -0.237 e. The van der Waals surface area contributed by atoms with Gasteiger partial charge >= 0.3 is 0 Å². The SMILES string of the molecule is C=c1nc(-c2ccccc2)c(=C)s1. The Labute approximate surface area is 80.7 Å². The maximum Gasteiger partial charge on any atom is 0.110 e. The van der Waals surface area contributed by atoms with E-state index in [1.54, 1.807) is 0 Å². The molecule has 0 fully saturated rings. The molecule has 2 heteroatoms. The van der Waals surface area contributed by atoms with Crippen LogP contribution in [0.25, 0.3) is 24.4 Å². The van der Waals surface area contributed by atoms with Gasteiger partial charge in [0.05, 0.1) is 5.69 Å². The van der Waals surface area contributed by atoms with Crippen LogP contribution in [0.5, 0.6) is 0 Å². The van der Waals surface area contributed by atoms with Crippen LogP contribution in [0.15, 0.2) is 30.3 Å². The van der Waals surface area contributed by atoms with Crippen LogP contribution in [-0.4, -0.2) is 4.98 Å². The summed E-state index contributed by atoms with van der Waals surface area (Å²) in [5.41, 5.74) is 2.06. The van der Waals surface area contributed by atoms with Gasteiger partial charge in [-0.1, -0.05) is 43.5 Å². The van der Waals surface area contributed by atoms with Crippen LogP contribution in [0.1, 0.15) is 0 Å². The highest BCUT2D eigenvalue weighted by Crippen LogP contribution is 2.10. The fourth-order valence-corrected chi connectivity index (χ4v) is 1.90. The Balaban J connectivity index is 2.66.